The van der Waals surface area contributed by atoms with Crippen molar-refractivity contribution >= 4 is 27.7 Å². The Morgan fingerprint density at radius 1 is 0.906 bits per heavy atom. The molecule has 1 heterocycles. The molecule has 1 N–H and O–H groups in total. The number of carbonyl (C=O) groups is 1. The van der Waals surface area contributed by atoms with Crippen LogP contribution < -0.4 is 4.72 Å². The van der Waals surface area contributed by atoms with Gasteiger partial charge >= 0.3 is 0 Å². The molecule has 3 aromatic carbocycles. The Kier molecular flexibility index (Phi) is 6.00. The average Bonchev–Trinajstić information content (AvgIpc) is 3.18. The standard InChI is InChI=1S/C25H21N3O3S/c1-19-18-25(28(26-19)22-10-6-3-7-11-22)27-32(30,31)23-15-13-21(14-16-23)24(29)17-12-20-8-4-2-5-9-20/h2-18,27H,1H3/b17-12+. The Morgan fingerprint density at radius 3 is 2.19 bits per heavy atom. The van der Waals surface area contributed by atoms with Crippen molar-refractivity contribution in [2.24, 2.45) is 0 Å². The number of hydrogen-bond donors (Lipinski definition) is 1. The minimum absolute atomic E-state index is 0.0551. The van der Waals surface area contributed by atoms with Gasteiger partial charge in [0.2, 0.25) is 0 Å². The summed E-state index contributed by atoms with van der Waals surface area (Å²) in [5, 5.41) is 4.38. The van der Waals surface area contributed by atoms with Gasteiger partial charge in [-0.05, 0) is 55.0 Å². The monoisotopic (exact) mass is 443 g/mol. The maximum absolute atomic E-state index is 12.9. The molecule has 32 heavy (non-hydrogen) atoms. The summed E-state index contributed by atoms with van der Waals surface area (Å²) in [4.78, 5) is 12.5. The van der Waals surface area contributed by atoms with Crippen molar-refractivity contribution < 1.29 is 13.2 Å². The Morgan fingerprint density at radius 2 is 1.53 bits per heavy atom. The first kappa shape index (κ1) is 21.3. The van der Waals surface area contributed by atoms with Gasteiger partial charge < -0.3 is 0 Å². The van der Waals surface area contributed by atoms with E-state index in [0.29, 0.717) is 17.1 Å². The first-order chi connectivity index (χ1) is 15.4. The highest BCUT2D eigenvalue weighted by Gasteiger charge is 2.18. The third kappa shape index (κ3) is 4.84. The molecule has 0 aliphatic heterocycles. The van der Waals surface area contributed by atoms with Crippen LogP contribution in [-0.4, -0.2) is 24.0 Å². The van der Waals surface area contributed by atoms with E-state index in [2.05, 4.69) is 9.82 Å². The predicted molar refractivity (Wildman–Crippen MR) is 125 cm³/mol. The van der Waals surface area contributed by atoms with Gasteiger partial charge in [-0.3, -0.25) is 9.52 Å². The summed E-state index contributed by atoms with van der Waals surface area (Å²) in [7, 11) is -3.87. The second-order valence-corrected chi connectivity index (χ2v) is 8.84. The van der Waals surface area contributed by atoms with Gasteiger partial charge in [0.05, 0.1) is 16.3 Å². The number of nitrogens with one attached hydrogen (secondary N) is 1. The molecule has 0 bridgehead atoms. The largest absolute Gasteiger partial charge is 0.289 e. The van der Waals surface area contributed by atoms with Crippen molar-refractivity contribution in [3.8, 4) is 5.69 Å². The van der Waals surface area contributed by atoms with Gasteiger partial charge in [0, 0.05) is 11.6 Å². The lowest BCUT2D eigenvalue weighted by Gasteiger charge is -2.11. The number of anilines is 1. The molecule has 0 aliphatic carbocycles. The van der Waals surface area contributed by atoms with E-state index in [0.717, 1.165) is 11.3 Å². The molecular formula is C25H21N3O3S. The molecule has 0 amide bonds. The number of para-hydroxylation sites is 1. The van der Waals surface area contributed by atoms with Crippen LogP contribution in [0.15, 0.2) is 102 Å². The van der Waals surface area contributed by atoms with Crippen LogP contribution in [-0.2, 0) is 10.0 Å². The zero-order valence-electron chi connectivity index (χ0n) is 17.3. The van der Waals surface area contributed by atoms with Gasteiger partial charge in [0.1, 0.15) is 5.82 Å². The number of sulfonamides is 1. The van der Waals surface area contributed by atoms with Crippen molar-refractivity contribution in [1.82, 2.24) is 9.78 Å². The Labute approximate surface area is 186 Å². The van der Waals surface area contributed by atoms with Crippen molar-refractivity contribution in [3.05, 3.63) is 114 Å². The zero-order valence-corrected chi connectivity index (χ0v) is 18.2. The summed E-state index contributed by atoms with van der Waals surface area (Å²) in [5.41, 5.74) is 2.73. The second-order valence-electron chi connectivity index (χ2n) is 7.16. The highest BCUT2D eigenvalue weighted by Crippen LogP contribution is 2.21. The molecule has 6 nitrogen and oxygen atoms in total. The summed E-state index contributed by atoms with van der Waals surface area (Å²) >= 11 is 0. The normalized spacial score (nSPS) is 11.5. The van der Waals surface area contributed by atoms with Crippen LogP contribution >= 0.6 is 0 Å². The van der Waals surface area contributed by atoms with E-state index in [1.165, 1.54) is 30.3 Å². The van der Waals surface area contributed by atoms with Crippen LogP contribution in [0.4, 0.5) is 5.82 Å². The number of hydrogen-bond acceptors (Lipinski definition) is 4. The Hall–Kier alpha value is -3.97. The zero-order chi connectivity index (χ0) is 22.6. The maximum atomic E-state index is 12.9. The fourth-order valence-corrected chi connectivity index (χ4v) is 4.20. The van der Waals surface area contributed by atoms with Crippen LogP contribution in [0.3, 0.4) is 0 Å². The molecule has 160 valence electrons. The van der Waals surface area contributed by atoms with Crippen molar-refractivity contribution in [3.63, 3.8) is 0 Å². The van der Waals surface area contributed by atoms with Gasteiger partial charge in [0.15, 0.2) is 5.78 Å². The molecule has 4 aromatic rings. The van der Waals surface area contributed by atoms with Crippen molar-refractivity contribution in [2.75, 3.05) is 4.72 Å². The maximum Gasteiger partial charge on any atom is 0.263 e. The second kappa shape index (κ2) is 9.03. The predicted octanol–water partition coefficient (Wildman–Crippen LogP) is 4.88. The van der Waals surface area contributed by atoms with E-state index in [4.69, 9.17) is 0 Å². The topological polar surface area (TPSA) is 81.1 Å². The minimum Gasteiger partial charge on any atom is -0.289 e. The summed E-state index contributed by atoms with van der Waals surface area (Å²) in [5.74, 6) is 0.128. The quantitative estimate of drug-likeness (QED) is 0.326. The molecule has 0 fully saturated rings. The van der Waals surface area contributed by atoms with E-state index >= 15 is 0 Å². The van der Waals surface area contributed by atoms with Gasteiger partial charge in [-0.1, -0.05) is 54.6 Å². The fraction of sp³-hybridized carbons (Fsp3) is 0.0400. The highest BCUT2D eigenvalue weighted by atomic mass is 32.2. The third-order valence-corrected chi connectivity index (χ3v) is 6.12. The molecule has 0 unspecified atom stereocenters. The summed E-state index contributed by atoms with van der Waals surface area (Å²) in [6, 6.07) is 26.3. The number of aryl methyl sites for hydroxylation is 1. The molecule has 0 saturated heterocycles. The number of nitrogens with zero attached hydrogens (tertiary/aromatic N) is 2. The molecule has 0 spiro atoms. The van der Waals surface area contributed by atoms with Crippen LogP contribution in [0.2, 0.25) is 0 Å². The average molecular weight is 444 g/mol. The van der Waals surface area contributed by atoms with E-state index in [9.17, 15) is 13.2 Å². The van der Waals surface area contributed by atoms with Gasteiger partial charge in [-0.15, -0.1) is 0 Å². The number of benzene rings is 3. The van der Waals surface area contributed by atoms with Gasteiger partial charge in [0.25, 0.3) is 10.0 Å². The van der Waals surface area contributed by atoms with Crippen LogP contribution in [0.5, 0.6) is 0 Å². The molecule has 4 rings (SSSR count). The van der Waals surface area contributed by atoms with E-state index in [1.54, 1.807) is 23.7 Å². The number of allylic oxidation sites excluding steroid dienone is 1. The molecule has 7 heteroatoms. The molecular weight excluding hydrogens is 422 g/mol. The minimum atomic E-state index is -3.87. The third-order valence-electron chi connectivity index (χ3n) is 4.75. The SMILES string of the molecule is Cc1cc(NS(=O)(=O)c2ccc(C(=O)/C=C/c3ccccc3)cc2)n(-c2ccccc2)n1. The summed E-state index contributed by atoms with van der Waals surface area (Å²) in [6.07, 6.45) is 3.19. The summed E-state index contributed by atoms with van der Waals surface area (Å²) < 4.78 is 30.0. The first-order valence-corrected chi connectivity index (χ1v) is 11.4. The lowest BCUT2D eigenvalue weighted by Crippen LogP contribution is -2.16. The van der Waals surface area contributed by atoms with Crippen LogP contribution in [0.1, 0.15) is 21.6 Å². The lowest BCUT2D eigenvalue weighted by atomic mass is 10.1. The molecule has 1 aromatic heterocycles. The number of carbonyl (C=O) groups excluding carboxylic acids is 1. The molecule has 0 saturated carbocycles. The van der Waals surface area contributed by atoms with Crippen molar-refractivity contribution in [2.45, 2.75) is 11.8 Å². The van der Waals surface area contributed by atoms with E-state index in [-0.39, 0.29) is 10.7 Å². The number of ketones is 1. The number of rotatable bonds is 7. The Balaban J connectivity index is 1.53. The fourth-order valence-electron chi connectivity index (χ4n) is 3.17. The van der Waals surface area contributed by atoms with Gasteiger partial charge in [-0.25, -0.2) is 13.1 Å². The number of aromatic nitrogens is 2. The lowest BCUT2D eigenvalue weighted by molar-refractivity contribution is 0.104. The smallest absolute Gasteiger partial charge is 0.263 e. The highest BCUT2D eigenvalue weighted by molar-refractivity contribution is 7.92. The molecule has 0 aliphatic rings. The molecule has 0 atom stereocenters. The Bertz CT molecular complexity index is 1360. The molecule has 0 radical (unpaired) electrons. The first-order valence-electron chi connectivity index (χ1n) is 9.95. The van der Waals surface area contributed by atoms with E-state index in [1.807, 2.05) is 60.7 Å². The van der Waals surface area contributed by atoms with Crippen molar-refractivity contribution in [1.29, 1.82) is 0 Å². The van der Waals surface area contributed by atoms with E-state index < -0.39 is 10.0 Å². The van der Waals surface area contributed by atoms with Gasteiger partial charge in [-0.2, -0.15) is 5.10 Å². The van der Waals surface area contributed by atoms with Crippen LogP contribution in [0.25, 0.3) is 11.8 Å². The summed E-state index contributed by atoms with van der Waals surface area (Å²) in [6.45, 7) is 1.79. The van der Waals surface area contributed by atoms with Crippen LogP contribution in [0, 0.1) is 6.92 Å².